The maximum Gasteiger partial charge on any atom is 0.271 e. The molecule has 2 aliphatic rings. The minimum absolute atomic E-state index is 0.00198. The number of benzene rings is 2. The van der Waals surface area contributed by atoms with Crippen molar-refractivity contribution in [3.63, 3.8) is 0 Å². The van der Waals surface area contributed by atoms with Gasteiger partial charge < -0.3 is 0 Å². The van der Waals surface area contributed by atoms with Crippen LogP contribution in [0, 0.1) is 18.2 Å². The van der Waals surface area contributed by atoms with Crippen molar-refractivity contribution in [2.24, 2.45) is 10.4 Å². The molecule has 1 aromatic heterocycles. The monoisotopic (exact) mass is 446 g/mol. The van der Waals surface area contributed by atoms with Crippen molar-refractivity contribution in [3.8, 4) is 0 Å². The lowest BCUT2D eigenvalue weighted by Crippen LogP contribution is -2.42. The number of rotatable bonds is 2. The summed E-state index contributed by atoms with van der Waals surface area (Å²) < 4.78 is 15.8. The van der Waals surface area contributed by atoms with E-state index in [2.05, 4.69) is 13.8 Å². The van der Waals surface area contributed by atoms with Crippen molar-refractivity contribution in [2.45, 2.75) is 39.7 Å². The summed E-state index contributed by atoms with van der Waals surface area (Å²) in [6.45, 7) is 6.14. The van der Waals surface area contributed by atoms with Gasteiger partial charge in [-0.05, 0) is 48.1 Å². The molecule has 32 heavy (non-hydrogen) atoms. The summed E-state index contributed by atoms with van der Waals surface area (Å²) in [6, 6.07) is 13.4. The molecule has 0 fully saturated rings. The molecular formula is C26H23FN2O2S. The van der Waals surface area contributed by atoms with Crippen molar-refractivity contribution in [1.29, 1.82) is 0 Å². The molecular weight excluding hydrogens is 423 g/mol. The Morgan fingerprint density at radius 2 is 1.75 bits per heavy atom. The van der Waals surface area contributed by atoms with Gasteiger partial charge in [0.25, 0.3) is 5.56 Å². The number of nitrogens with zero attached hydrogens (tertiary/aromatic N) is 2. The molecule has 1 aliphatic carbocycles. The molecule has 0 saturated heterocycles. The number of halogens is 1. The average molecular weight is 447 g/mol. The number of ketones is 1. The van der Waals surface area contributed by atoms with Crippen LogP contribution in [0.1, 0.15) is 49.4 Å². The fourth-order valence-corrected chi connectivity index (χ4v) is 5.54. The van der Waals surface area contributed by atoms with E-state index in [9.17, 15) is 14.0 Å². The molecule has 3 aromatic rings. The fourth-order valence-electron chi connectivity index (χ4n) is 4.52. The first-order valence-electron chi connectivity index (χ1n) is 10.6. The number of carbonyl (C=O) groups excluding carboxylic acids is 1. The Morgan fingerprint density at radius 1 is 1.06 bits per heavy atom. The third-order valence-electron chi connectivity index (χ3n) is 6.06. The first-order valence-corrected chi connectivity index (χ1v) is 11.4. The van der Waals surface area contributed by atoms with Crippen LogP contribution in [0.25, 0.3) is 6.08 Å². The van der Waals surface area contributed by atoms with Gasteiger partial charge in [0.05, 0.1) is 16.3 Å². The van der Waals surface area contributed by atoms with Crippen molar-refractivity contribution < 1.29 is 9.18 Å². The predicted molar refractivity (Wildman–Crippen MR) is 124 cm³/mol. The molecule has 6 heteroatoms. The van der Waals surface area contributed by atoms with Gasteiger partial charge in [0.15, 0.2) is 10.6 Å². The summed E-state index contributed by atoms with van der Waals surface area (Å²) in [6.07, 6.45) is 2.92. The summed E-state index contributed by atoms with van der Waals surface area (Å²) in [4.78, 5) is 32.1. The van der Waals surface area contributed by atoms with Gasteiger partial charge in [0.2, 0.25) is 0 Å². The zero-order valence-electron chi connectivity index (χ0n) is 18.2. The van der Waals surface area contributed by atoms with Gasteiger partial charge >= 0.3 is 0 Å². The van der Waals surface area contributed by atoms with E-state index >= 15 is 0 Å². The van der Waals surface area contributed by atoms with E-state index in [1.807, 2.05) is 37.3 Å². The highest BCUT2D eigenvalue weighted by Crippen LogP contribution is 2.43. The van der Waals surface area contributed by atoms with Crippen molar-refractivity contribution >= 4 is 23.2 Å². The Labute approximate surface area is 189 Å². The van der Waals surface area contributed by atoms with Crippen molar-refractivity contribution in [1.82, 2.24) is 4.57 Å². The number of hydrogen-bond acceptors (Lipinski definition) is 4. The third kappa shape index (κ3) is 3.58. The summed E-state index contributed by atoms with van der Waals surface area (Å²) >= 11 is 1.33. The second kappa shape index (κ2) is 7.48. The van der Waals surface area contributed by atoms with Crippen LogP contribution in [0.3, 0.4) is 0 Å². The molecule has 0 N–H and O–H groups in total. The Balaban J connectivity index is 1.76. The standard InChI is InChI=1S/C26H23FN2O2S/c1-15-4-6-16(7-5-15)12-21-24(31)29-23(17-8-10-18(27)11-9-17)22-19(28-25(29)32-21)13-26(2,3)14-20(22)30/h4-12,23H,13-14H2,1-3H3/b21-12+. The highest BCUT2D eigenvalue weighted by Gasteiger charge is 2.40. The van der Waals surface area contributed by atoms with Crippen LogP contribution in [0.4, 0.5) is 4.39 Å². The van der Waals surface area contributed by atoms with E-state index in [0.717, 1.165) is 16.8 Å². The number of aromatic nitrogens is 1. The highest BCUT2D eigenvalue weighted by molar-refractivity contribution is 7.07. The number of fused-ring (bicyclic) bond motifs is 1. The highest BCUT2D eigenvalue weighted by atomic mass is 32.1. The topological polar surface area (TPSA) is 51.4 Å². The predicted octanol–water partition coefficient (Wildman–Crippen LogP) is 4.05. The Morgan fingerprint density at radius 3 is 2.44 bits per heavy atom. The lowest BCUT2D eigenvalue weighted by Gasteiger charge is -2.35. The van der Waals surface area contributed by atoms with Gasteiger partial charge in [-0.15, -0.1) is 0 Å². The van der Waals surface area contributed by atoms with Crippen LogP contribution < -0.4 is 14.9 Å². The molecule has 2 heterocycles. The summed E-state index contributed by atoms with van der Waals surface area (Å²) in [5, 5.41) is 0. The van der Waals surface area contributed by atoms with Crippen molar-refractivity contribution in [2.75, 3.05) is 0 Å². The van der Waals surface area contributed by atoms with Gasteiger partial charge in [-0.25, -0.2) is 9.38 Å². The summed E-state index contributed by atoms with van der Waals surface area (Å²) in [5.41, 5.74) is 3.71. The van der Waals surface area contributed by atoms with Crippen LogP contribution in [0.2, 0.25) is 0 Å². The van der Waals surface area contributed by atoms with E-state index in [1.165, 1.54) is 23.5 Å². The fraction of sp³-hybridized carbons (Fsp3) is 0.269. The molecule has 0 spiro atoms. The number of carbonyl (C=O) groups is 1. The second-order valence-electron chi connectivity index (χ2n) is 9.35. The Bertz CT molecular complexity index is 1440. The van der Waals surface area contributed by atoms with E-state index in [-0.39, 0.29) is 22.6 Å². The summed E-state index contributed by atoms with van der Waals surface area (Å²) in [7, 11) is 0. The lowest BCUT2D eigenvalue weighted by atomic mass is 9.73. The smallest absolute Gasteiger partial charge is 0.271 e. The number of aryl methyl sites for hydroxylation is 1. The molecule has 2 aromatic carbocycles. The SMILES string of the molecule is Cc1ccc(/C=c2/sc3n(c2=O)C(c2ccc(F)cc2)C2=C(CC(C)(C)CC2=O)N=3)cc1. The molecule has 0 bridgehead atoms. The van der Waals surface area contributed by atoms with Crippen molar-refractivity contribution in [3.05, 3.63) is 102 Å². The van der Waals surface area contributed by atoms with E-state index in [4.69, 9.17) is 4.99 Å². The number of thiazole rings is 1. The number of allylic oxidation sites excluding steroid dienone is 2. The van der Waals surface area contributed by atoms with Crippen LogP contribution in [-0.2, 0) is 4.79 Å². The van der Waals surface area contributed by atoms with Gasteiger partial charge in [-0.2, -0.15) is 0 Å². The summed E-state index contributed by atoms with van der Waals surface area (Å²) in [5.74, 6) is -0.354. The van der Waals surface area contributed by atoms with Crippen LogP contribution >= 0.6 is 11.3 Å². The Kier molecular flexibility index (Phi) is 4.86. The molecule has 0 radical (unpaired) electrons. The molecule has 0 saturated carbocycles. The average Bonchev–Trinajstić information content (AvgIpc) is 3.03. The number of hydrogen-bond donors (Lipinski definition) is 0. The Hall–Kier alpha value is -3.12. The number of Topliss-reactive ketones (excluding diaryl/α,β-unsaturated/α-hetero) is 1. The molecule has 0 amide bonds. The van der Waals surface area contributed by atoms with E-state index in [0.29, 0.717) is 33.3 Å². The quantitative estimate of drug-likeness (QED) is 0.596. The maximum atomic E-state index is 13.6. The zero-order chi connectivity index (χ0) is 22.6. The first kappa shape index (κ1) is 20.8. The first-order chi connectivity index (χ1) is 15.2. The van der Waals surface area contributed by atoms with Crippen LogP contribution in [0.15, 0.2) is 69.6 Å². The minimum atomic E-state index is -0.592. The van der Waals surface area contributed by atoms with Gasteiger partial charge in [-0.3, -0.25) is 14.2 Å². The largest absolute Gasteiger partial charge is 0.294 e. The third-order valence-corrected chi connectivity index (χ3v) is 7.04. The van der Waals surface area contributed by atoms with E-state index in [1.54, 1.807) is 16.7 Å². The molecule has 1 unspecified atom stereocenters. The van der Waals surface area contributed by atoms with Gasteiger partial charge in [-0.1, -0.05) is 67.1 Å². The maximum absolute atomic E-state index is 13.6. The van der Waals surface area contributed by atoms with Crippen LogP contribution in [-0.4, -0.2) is 10.4 Å². The molecule has 1 atom stereocenters. The molecule has 5 rings (SSSR count). The molecule has 1 aliphatic heterocycles. The lowest BCUT2D eigenvalue weighted by molar-refractivity contribution is -0.118. The minimum Gasteiger partial charge on any atom is -0.294 e. The second-order valence-corrected chi connectivity index (χ2v) is 10.4. The van der Waals surface area contributed by atoms with Gasteiger partial charge in [0, 0.05) is 12.0 Å². The van der Waals surface area contributed by atoms with Gasteiger partial charge in [0.1, 0.15) is 5.82 Å². The van der Waals surface area contributed by atoms with Crippen LogP contribution in [0.5, 0.6) is 0 Å². The molecule has 4 nitrogen and oxygen atoms in total. The molecule has 162 valence electrons. The van der Waals surface area contributed by atoms with E-state index < -0.39 is 6.04 Å². The normalized spacial score (nSPS) is 20.1. The zero-order valence-corrected chi connectivity index (χ0v) is 19.0.